The molecule has 4 aromatic heterocycles. The van der Waals surface area contributed by atoms with Gasteiger partial charge in [0, 0.05) is 53.5 Å². The molecule has 0 radical (unpaired) electrons. The average molecular weight is 418 g/mol. The van der Waals surface area contributed by atoms with E-state index in [1.165, 1.54) is 6.20 Å². The van der Waals surface area contributed by atoms with E-state index in [1.54, 1.807) is 41.5 Å². The molecule has 2 N–H and O–H groups in total. The number of hydrogen-bond donors (Lipinski definition) is 2. The number of nitrogens with one attached hydrogen (secondary N) is 1. The van der Waals surface area contributed by atoms with Gasteiger partial charge in [0.15, 0.2) is 5.78 Å². The number of carbonyl (C=O) groups is 2. The van der Waals surface area contributed by atoms with Crippen LogP contribution in [0.25, 0.3) is 10.9 Å². The van der Waals surface area contributed by atoms with Crippen molar-refractivity contribution in [2.45, 2.75) is 26.9 Å². The Balaban J connectivity index is 1.57. The van der Waals surface area contributed by atoms with E-state index in [9.17, 15) is 14.7 Å². The number of aliphatic hydroxyl groups excluding tert-OH is 1. The van der Waals surface area contributed by atoms with E-state index in [0.717, 1.165) is 16.9 Å². The number of fused-ring (bicyclic) bond motifs is 1. The lowest BCUT2D eigenvalue weighted by atomic mass is 10.0. The summed E-state index contributed by atoms with van der Waals surface area (Å²) in [4.78, 5) is 33.9. The molecule has 0 aliphatic carbocycles. The van der Waals surface area contributed by atoms with Crippen molar-refractivity contribution in [1.82, 2.24) is 24.3 Å². The first-order valence-electron chi connectivity index (χ1n) is 9.81. The third kappa shape index (κ3) is 4.22. The molecule has 158 valence electrons. The molecule has 0 aliphatic rings. The molecule has 0 saturated heterocycles. The van der Waals surface area contributed by atoms with Crippen LogP contribution in [0.1, 0.15) is 27.3 Å². The van der Waals surface area contributed by atoms with Crippen molar-refractivity contribution in [2.24, 2.45) is 0 Å². The molecule has 9 nitrogen and oxygen atoms in total. The molecule has 9 heteroatoms. The minimum atomic E-state index is -0.285. The smallest absolute Gasteiger partial charge is 0.247 e. The van der Waals surface area contributed by atoms with Crippen molar-refractivity contribution in [3.63, 3.8) is 0 Å². The first-order chi connectivity index (χ1) is 15.0. The van der Waals surface area contributed by atoms with Crippen LogP contribution in [0.3, 0.4) is 0 Å². The molecule has 0 atom stereocenters. The first-order valence-corrected chi connectivity index (χ1v) is 9.81. The van der Waals surface area contributed by atoms with E-state index in [-0.39, 0.29) is 30.7 Å². The molecule has 0 aliphatic heterocycles. The number of ketones is 1. The molecule has 31 heavy (non-hydrogen) atoms. The second-order valence-corrected chi connectivity index (χ2v) is 7.24. The third-order valence-corrected chi connectivity index (χ3v) is 4.95. The van der Waals surface area contributed by atoms with E-state index < -0.39 is 0 Å². The number of anilines is 1. The topological polar surface area (TPSA) is 115 Å². The van der Waals surface area contributed by atoms with Crippen molar-refractivity contribution in [2.75, 3.05) is 11.9 Å². The Kier molecular flexibility index (Phi) is 5.59. The van der Waals surface area contributed by atoms with Crippen LogP contribution in [0.15, 0.2) is 49.1 Å². The molecular formula is C22H22N6O3. The lowest BCUT2D eigenvalue weighted by Crippen LogP contribution is -2.21. The highest BCUT2D eigenvalue weighted by molar-refractivity contribution is 6.16. The summed E-state index contributed by atoms with van der Waals surface area (Å²) in [5, 5.41) is 17.0. The molecule has 0 aromatic carbocycles. The molecule has 0 fully saturated rings. The highest BCUT2D eigenvalue weighted by Gasteiger charge is 2.18. The zero-order valence-corrected chi connectivity index (χ0v) is 17.2. The lowest BCUT2D eigenvalue weighted by Gasteiger charge is -2.07. The molecule has 4 heterocycles. The summed E-state index contributed by atoms with van der Waals surface area (Å²) >= 11 is 0. The Labute approximate surface area is 178 Å². The maximum atomic E-state index is 13.2. The van der Waals surface area contributed by atoms with Gasteiger partial charge in [-0.3, -0.25) is 19.3 Å². The van der Waals surface area contributed by atoms with Gasteiger partial charge in [0.1, 0.15) is 12.4 Å². The predicted octanol–water partition coefficient (Wildman–Crippen LogP) is 2.11. The van der Waals surface area contributed by atoms with Crippen molar-refractivity contribution >= 4 is 28.4 Å². The number of nitrogens with zero attached hydrogens (tertiary/aromatic N) is 5. The third-order valence-electron chi connectivity index (χ3n) is 4.95. The van der Waals surface area contributed by atoms with Crippen molar-refractivity contribution in [3.05, 3.63) is 71.6 Å². The largest absolute Gasteiger partial charge is 0.395 e. The maximum Gasteiger partial charge on any atom is 0.247 e. The zero-order chi connectivity index (χ0) is 22.0. The summed E-state index contributed by atoms with van der Waals surface area (Å²) in [6.45, 7) is 4.13. The zero-order valence-electron chi connectivity index (χ0n) is 17.2. The van der Waals surface area contributed by atoms with E-state index in [2.05, 4.69) is 20.4 Å². The molecule has 4 rings (SSSR count). The highest BCUT2D eigenvalue weighted by Crippen LogP contribution is 2.23. The van der Waals surface area contributed by atoms with Gasteiger partial charge in [-0.1, -0.05) is 0 Å². The Bertz CT molecular complexity index is 1270. The minimum absolute atomic E-state index is 0.0412. The summed E-state index contributed by atoms with van der Waals surface area (Å²) in [5.74, 6) is -0.215. The SMILES string of the molecule is Cc1cc(C)n(CC(=O)Nc2cc(C(=O)c3cn(CCO)c4ccncc34)ccn2)n1. The minimum Gasteiger partial charge on any atom is -0.395 e. The Morgan fingerprint density at radius 3 is 2.74 bits per heavy atom. The summed E-state index contributed by atoms with van der Waals surface area (Å²) in [6.07, 6.45) is 6.48. The average Bonchev–Trinajstić information content (AvgIpc) is 3.27. The Hall–Kier alpha value is -3.85. The van der Waals surface area contributed by atoms with Crippen LogP contribution in [0.4, 0.5) is 5.82 Å². The van der Waals surface area contributed by atoms with Gasteiger partial charge in [0.25, 0.3) is 0 Å². The summed E-state index contributed by atoms with van der Waals surface area (Å²) in [7, 11) is 0. The summed E-state index contributed by atoms with van der Waals surface area (Å²) in [6, 6.07) is 6.85. The summed E-state index contributed by atoms with van der Waals surface area (Å²) in [5.41, 5.74) is 3.41. The maximum absolute atomic E-state index is 13.2. The fraction of sp³-hybridized carbons (Fsp3) is 0.227. The van der Waals surface area contributed by atoms with E-state index in [0.29, 0.717) is 23.1 Å². The molecule has 1 amide bonds. The van der Waals surface area contributed by atoms with Crippen molar-refractivity contribution in [1.29, 1.82) is 0 Å². The number of aliphatic hydroxyl groups is 1. The summed E-state index contributed by atoms with van der Waals surface area (Å²) < 4.78 is 3.44. The number of carbonyl (C=O) groups excluding carboxylic acids is 2. The monoisotopic (exact) mass is 418 g/mol. The van der Waals surface area contributed by atoms with Gasteiger partial charge in [-0.05, 0) is 38.1 Å². The van der Waals surface area contributed by atoms with Crippen LogP contribution < -0.4 is 5.32 Å². The number of aromatic nitrogens is 5. The number of aryl methyl sites for hydroxylation is 2. The van der Waals surface area contributed by atoms with E-state index in [1.807, 2.05) is 24.5 Å². The van der Waals surface area contributed by atoms with Gasteiger partial charge in [0.2, 0.25) is 5.91 Å². The van der Waals surface area contributed by atoms with Gasteiger partial charge in [-0.25, -0.2) is 4.98 Å². The highest BCUT2D eigenvalue weighted by atomic mass is 16.3. The second kappa shape index (κ2) is 8.49. The Morgan fingerprint density at radius 1 is 1.16 bits per heavy atom. The number of rotatable bonds is 7. The normalized spacial score (nSPS) is 11.1. The van der Waals surface area contributed by atoms with Crippen LogP contribution in [-0.2, 0) is 17.9 Å². The predicted molar refractivity (Wildman–Crippen MR) is 115 cm³/mol. The van der Waals surface area contributed by atoms with Crippen LogP contribution in [0.2, 0.25) is 0 Å². The molecule has 0 spiro atoms. The molecular weight excluding hydrogens is 396 g/mol. The van der Waals surface area contributed by atoms with Crippen molar-refractivity contribution < 1.29 is 14.7 Å². The van der Waals surface area contributed by atoms with Crippen molar-refractivity contribution in [3.8, 4) is 0 Å². The number of amides is 1. The van der Waals surface area contributed by atoms with E-state index >= 15 is 0 Å². The molecule has 0 unspecified atom stereocenters. The van der Waals surface area contributed by atoms with E-state index in [4.69, 9.17) is 0 Å². The molecule has 0 bridgehead atoms. The van der Waals surface area contributed by atoms with Gasteiger partial charge in [-0.15, -0.1) is 0 Å². The lowest BCUT2D eigenvalue weighted by molar-refractivity contribution is -0.117. The second-order valence-electron chi connectivity index (χ2n) is 7.24. The van der Waals surface area contributed by atoms with Gasteiger partial charge in [-0.2, -0.15) is 5.10 Å². The molecule has 4 aromatic rings. The van der Waals surface area contributed by atoms with Gasteiger partial charge in [0.05, 0.1) is 17.8 Å². The van der Waals surface area contributed by atoms with Crippen LogP contribution in [0, 0.1) is 13.8 Å². The first kappa shape index (κ1) is 20.4. The van der Waals surface area contributed by atoms with Crippen LogP contribution >= 0.6 is 0 Å². The van der Waals surface area contributed by atoms with Crippen LogP contribution in [-0.4, -0.2) is 47.7 Å². The fourth-order valence-electron chi connectivity index (χ4n) is 3.56. The number of hydrogen-bond acceptors (Lipinski definition) is 6. The molecule has 0 saturated carbocycles. The van der Waals surface area contributed by atoms with Gasteiger partial charge < -0.3 is 15.0 Å². The van der Waals surface area contributed by atoms with Crippen LogP contribution in [0.5, 0.6) is 0 Å². The fourth-order valence-corrected chi connectivity index (χ4v) is 3.56. The van der Waals surface area contributed by atoms with Gasteiger partial charge >= 0.3 is 0 Å². The standard InChI is InChI=1S/C22H22N6O3/c1-14-9-15(2)28(26-14)13-21(30)25-20-10-16(3-6-24-20)22(31)18-12-27(7-8-29)19-4-5-23-11-17(18)19/h3-6,9-12,29H,7-8,13H2,1-2H3,(H,24,25,30). The number of pyridine rings is 2. The quantitative estimate of drug-likeness (QED) is 0.444. The Morgan fingerprint density at radius 2 is 2.00 bits per heavy atom.